The van der Waals surface area contributed by atoms with Gasteiger partial charge in [-0.3, -0.25) is 14.5 Å². The second kappa shape index (κ2) is 15.7. The Morgan fingerprint density at radius 1 is 0.978 bits per heavy atom. The third-order valence-corrected chi connectivity index (χ3v) is 8.71. The molecular weight excluding hydrogens is 615 g/mol. The molecule has 2 N–H and O–H groups in total. The maximum absolute atomic E-state index is 11.3. The number of anilines is 1. The number of pyridine rings is 2. The first-order chi connectivity index (χ1) is 21.7. The summed E-state index contributed by atoms with van der Waals surface area (Å²) in [6.07, 6.45) is 4.87. The van der Waals surface area contributed by atoms with Crippen LogP contribution in [-0.4, -0.2) is 89.1 Å². The lowest BCUT2D eigenvalue weighted by Gasteiger charge is -2.32. The van der Waals surface area contributed by atoms with Crippen molar-refractivity contribution in [2.45, 2.75) is 39.2 Å². The summed E-state index contributed by atoms with van der Waals surface area (Å²) in [4.78, 5) is 38.6. The fourth-order valence-electron chi connectivity index (χ4n) is 5.87. The van der Waals surface area contributed by atoms with E-state index in [2.05, 4.69) is 31.1 Å². The second-order valence-corrected chi connectivity index (χ2v) is 12.7. The van der Waals surface area contributed by atoms with Crippen molar-refractivity contribution in [3.05, 3.63) is 64.3 Å². The van der Waals surface area contributed by atoms with Crippen LogP contribution in [0.4, 0.5) is 5.82 Å². The van der Waals surface area contributed by atoms with Crippen molar-refractivity contribution < 1.29 is 19.4 Å². The van der Waals surface area contributed by atoms with Gasteiger partial charge in [0.1, 0.15) is 11.6 Å². The Hall–Kier alpha value is -3.44. The number of carboxylic acids is 1. The zero-order valence-corrected chi connectivity index (χ0v) is 27.1. The molecule has 3 aromatic rings. The van der Waals surface area contributed by atoms with E-state index >= 15 is 0 Å². The number of carboxylic acid groups (broad SMARTS) is 1. The average Bonchev–Trinajstić information content (AvgIpc) is 3.25. The maximum atomic E-state index is 11.3. The summed E-state index contributed by atoms with van der Waals surface area (Å²) in [6, 6.07) is 13.3. The molecule has 1 amide bonds. The topological polar surface area (TPSA) is 111 Å². The fraction of sp³-hybridized carbons (Fsp3) is 0.455. The molecule has 2 aliphatic rings. The predicted octanol–water partition coefficient (Wildman–Crippen LogP) is 5.58. The third-order valence-electron chi connectivity index (χ3n) is 8.27. The zero-order valence-electron chi connectivity index (χ0n) is 25.6. The van der Waals surface area contributed by atoms with E-state index in [0.29, 0.717) is 39.8 Å². The zero-order chi connectivity index (χ0) is 31.8. The van der Waals surface area contributed by atoms with E-state index in [1.807, 2.05) is 30.3 Å². The van der Waals surface area contributed by atoms with Crippen molar-refractivity contribution in [2.75, 3.05) is 57.3 Å². The largest absolute Gasteiger partial charge is 0.481 e. The monoisotopic (exact) mass is 654 g/mol. The SMILES string of the molecule is CC(=O)NCC1CCN(Cc2cc(Oc3ccc(N4CCCN(CCC(=O)O)CC4)nc3)nc(-c3cc(Cl)cc(Cl)c3)c2)CC1. The van der Waals surface area contributed by atoms with E-state index in [0.717, 1.165) is 88.6 Å². The molecule has 2 aliphatic heterocycles. The summed E-state index contributed by atoms with van der Waals surface area (Å²) in [5.74, 6) is 1.64. The quantitative estimate of drug-likeness (QED) is 0.274. The van der Waals surface area contributed by atoms with Crippen LogP contribution >= 0.6 is 23.2 Å². The van der Waals surface area contributed by atoms with E-state index in [1.165, 1.54) is 0 Å². The van der Waals surface area contributed by atoms with Gasteiger partial charge in [0.25, 0.3) is 0 Å². The van der Waals surface area contributed by atoms with E-state index in [1.54, 1.807) is 19.2 Å². The maximum Gasteiger partial charge on any atom is 0.304 e. The molecule has 240 valence electrons. The fourth-order valence-corrected chi connectivity index (χ4v) is 6.39. The molecule has 10 nitrogen and oxygen atoms in total. The number of ether oxygens (including phenoxy) is 1. The number of aromatic nitrogens is 2. The smallest absolute Gasteiger partial charge is 0.304 e. The van der Waals surface area contributed by atoms with Crippen LogP contribution < -0.4 is 15.0 Å². The average molecular weight is 656 g/mol. The van der Waals surface area contributed by atoms with Crippen LogP contribution in [-0.2, 0) is 16.1 Å². The minimum atomic E-state index is -0.767. The number of piperidine rings is 1. The highest BCUT2D eigenvalue weighted by atomic mass is 35.5. The van der Waals surface area contributed by atoms with Crippen molar-refractivity contribution in [3.63, 3.8) is 0 Å². The van der Waals surface area contributed by atoms with Crippen LogP contribution in [0.1, 0.15) is 38.2 Å². The molecule has 0 atom stereocenters. The van der Waals surface area contributed by atoms with Crippen LogP contribution in [0.2, 0.25) is 10.0 Å². The molecule has 2 fully saturated rings. The molecule has 5 rings (SSSR count). The van der Waals surface area contributed by atoms with Gasteiger partial charge in [0, 0.05) is 67.9 Å². The lowest BCUT2D eigenvalue weighted by molar-refractivity contribution is -0.137. The Balaban J connectivity index is 1.28. The van der Waals surface area contributed by atoms with Gasteiger partial charge in [0.05, 0.1) is 18.3 Å². The highest BCUT2D eigenvalue weighted by Crippen LogP contribution is 2.31. The Kier molecular flexibility index (Phi) is 11.5. The minimum absolute atomic E-state index is 0.0171. The molecule has 1 aromatic carbocycles. The number of nitrogens with one attached hydrogen (secondary N) is 1. The Morgan fingerprint density at radius 2 is 1.76 bits per heavy atom. The number of carbonyl (C=O) groups excluding carboxylic acids is 1. The molecule has 2 aromatic heterocycles. The van der Waals surface area contributed by atoms with Crippen molar-refractivity contribution in [2.24, 2.45) is 5.92 Å². The van der Waals surface area contributed by atoms with Gasteiger partial charge in [-0.2, -0.15) is 0 Å². The van der Waals surface area contributed by atoms with Gasteiger partial charge < -0.3 is 25.0 Å². The number of aliphatic carboxylic acids is 1. The first kappa shape index (κ1) is 32.9. The first-order valence-corrected chi connectivity index (χ1v) is 16.2. The van der Waals surface area contributed by atoms with Crippen LogP contribution in [0.5, 0.6) is 11.6 Å². The van der Waals surface area contributed by atoms with Gasteiger partial charge in [-0.15, -0.1) is 0 Å². The molecule has 12 heteroatoms. The van der Waals surface area contributed by atoms with Gasteiger partial charge in [-0.1, -0.05) is 23.2 Å². The van der Waals surface area contributed by atoms with E-state index in [9.17, 15) is 9.59 Å². The number of amides is 1. The highest BCUT2D eigenvalue weighted by molar-refractivity contribution is 6.35. The number of halogens is 2. The molecule has 0 spiro atoms. The standard InChI is InChI=1S/C33H40Cl2N6O4/c1-23(42)36-20-24-5-10-40(11-6-24)22-25-15-30(26-17-27(34)19-28(35)18-26)38-32(16-25)45-29-3-4-31(37-21-29)41-9-2-8-39(13-14-41)12-7-33(43)44/h3-4,15-19,21,24H,2,5-14,20,22H2,1H3,(H,36,42)(H,43,44). The molecule has 45 heavy (non-hydrogen) atoms. The second-order valence-electron chi connectivity index (χ2n) is 11.8. The van der Waals surface area contributed by atoms with Crippen LogP contribution in [0.15, 0.2) is 48.7 Å². The molecule has 0 unspecified atom stereocenters. The van der Waals surface area contributed by atoms with Gasteiger partial charge in [-0.25, -0.2) is 9.97 Å². The summed E-state index contributed by atoms with van der Waals surface area (Å²) in [6.45, 7) is 8.80. The number of nitrogens with zero attached hydrogens (tertiary/aromatic N) is 5. The number of benzene rings is 1. The van der Waals surface area contributed by atoms with E-state index < -0.39 is 5.97 Å². The van der Waals surface area contributed by atoms with Gasteiger partial charge in [0.2, 0.25) is 11.8 Å². The summed E-state index contributed by atoms with van der Waals surface area (Å²) in [7, 11) is 0. The van der Waals surface area contributed by atoms with Crippen LogP contribution in [0, 0.1) is 5.92 Å². The van der Waals surface area contributed by atoms with Crippen LogP contribution in [0.3, 0.4) is 0 Å². The van der Waals surface area contributed by atoms with E-state index in [-0.39, 0.29) is 12.3 Å². The molecule has 0 bridgehead atoms. The van der Waals surface area contributed by atoms with Crippen molar-refractivity contribution in [1.82, 2.24) is 25.1 Å². The van der Waals surface area contributed by atoms with Gasteiger partial charge in [-0.05, 0) is 86.8 Å². The summed E-state index contributed by atoms with van der Waals surface area (Å²) in [5.41, 5.74) is 2.59. The molecular formula is C33H40Cl2N6O4. The lowest BCUT2D eigenvalue weighted by Crippen LogP contribution is -2.37. The normalized spacial score (nSPS) is 16.7. The molecule has 0 radical (unpaired) electrons. The molecule has 2 saturated heterocycles. The first-order valence-electron chi connectivity index (χ1n) is 15.5. The summed E-state index contributed by atoms with van der Waals surface area (Å²) in [5, 5.41) is 13.0. The van der Waals surface area contributed by atoms with Crippen molar-refractivity contribution >= 4 is 40.9 Å². The highest BCUT2D eigenvalue weighted by Gasteiger charge is 2.21. The summed E-state index contributed by atoms with van der Waals surface area (Å²) < 4.78 is 6.26. The number of likely N-dealkylation sites (tertiary alicyclic amines) is 1. The lowest BCUT2D eigenvalue weighted by atomic mass is 9.96. The minimum Gasteiger partial charge on any atom is -0.481 e. The van der Waals surface area contributed by atoms with Crippen LogP contribution in [0.25, 0.3) is 11.3 Å². The van der Waals surface area contributed by atoms with Crippen molar-refractivity contribution in [1.29, 1.82) is 0 Å². The predicted molar refractivity (Wildman–Crippen MR) is 176 cm³/mol. The Bertz CT molecular complexity index is 1450. The number of carbonyl (C=O) groups is 2. The number of rotatable bonds is 11. The molecule has 4 heterocycles. The van der Waals surface area contributed by atoms with Crippen molar-refractivity contribution in [3.8, 4) is 22.9 Å². The van der Waals surface area contributed by atoms with E-state index in [4.69, 9.17) is 38.0 Å². The Morgan fingerprint density at radius 3 is 2.44 bits per heavy atom. The number of hydrogen-bond acceptors (Lipinski definition) is 8. The number of hydrogen-bond donors (Lipinski definition) is 2. The summed E-state index contributed by atoms with van der Waals surface area (Å²) >= 11 is 12.7. The third kappa shape index (κ3) is 10.0. The van der Waals surface area contributed by atoms with Gasteiger partial charge in [0.15, 0.2) is 0 Å². The molecule has 0 aliphatic carbocycles. The molecule has 0 saturated carbocycles. The Labute approximate surface area is 274 Å². The van der Waals surface area contributed by atoms with Gasteiger partial charge >= 0.3 is 5.97 Å².